The zero-order valence-corrected chi connectivity index (χ0v) is 11.2. The number of rotatable bonds is 5. The van der Waals surface area contributed by atoms with Crippen molar-refractivity contribution < 1.29 is 4.74 Å². The van der Waals surface area contributed by atoms with Crippen LogP contribution in [0.3, 0.4) is 0 Å². The van der Waals surface area contributed by atoms with Crippen LogP contribution in [0.1, 0.15) is 38.8 Å². The van der Waals surface area contributed by atoms with Crippen LogP contribution in [0.4, 0.5) is 0 Å². The normalized spacial score (nSPS) is 11.5. The topological polar surface area (TPSA) is 33.0 Å². The van der Waals surface area contributed by atoms with E-state index in [1.807, 2.05) is 24.3 Å². The first-order valence-corrected chi connectivity index (χ1v) is 6.02. The van der Waals surface area contributed by atoms with Crippen LogP contribution in [-0.4, -0.2) is 6.61 Å². The van der Waals surface area contributed by atoms with Crippen LogP contribution < -0.4 is 0 Å². The molecule has 1 aromatic carbocycles. The summed E-state index contributed by atoms with van der Waals surface area (Å²) in [7, 11) is 0. The van der Waals surface area contributed by atoms with E-state index in [1.54, 1.807) is 0 Å². The Morgan fingerprint density at radius 3 is 2.65 bits per heavy atom. The minimum Gasteiger partial charge on any atom is -0.376 e. The van der Waals surface area contributed by atoms with E-state index < -0.39 is 0 Å². The second kappa shape index (κ2) is 5.84. The summed E-state index contributed by atoms with van der Waals surface area (Å²) in [5.74, 6) is 0.591. The molecule has 2 nitrogen and oxygen atoms in total. The quantitative estimate of drug-likeness (QED) is 0.773. The summed E-state index contributed by atoms with van der Waals surface area (Å²) in [5, 5.41) is 8.80. The first-order valence-electron chi connectivity index (χ1n) is 6.02. The SMILES string of the molecule is CC(C)C(C)(C)COCc1cccc(C#N)c1. The van der Waals surface area contributed by atoms with E-state index in [-0.39, 0.29) is 5.41 Å². The summed E-state index contributed by atoms with van der Waals surface area (Å²) in [6.07, 6.45) is 0. The monoisotopic (exact) mass is 231 g/mol. The van der Waals surface area contributed by atoms with Gasteiger partial charge in [-0.3, -0.25) is 0 Å². The third-order valence-corrected chi connectivity index (χ3v) is 3.36. The number of hydrogen-bond acceptors (Lipinski definition) is 2. The molecule has 0 aliphatic heterocycles. The van der Waals surface area contributed by atoms with E-state index in [0.717, 1.165) is 12.2 Å². The second-order valence-electron chi connectivity index (χ2n) is 5.45. The molecule has 0 N–H and O–H groups in total. The zero-order chi connectivity index (χ0) is 12.9. The lowest BCUT2D eigenvalue weighted by atomic mass is 9.82. The Kier molecular flexibility index (Phi) is 4.72. The first kappa shape index (κ1) is 13.7. The maximum absolute atomic E-state index is 8.80. The van der Waals surface area contributed by atoms with Crippen LogP contribution >= 0.6 is 0 Å². The average molecular weight is 231 g/mol. The molecule has 0 bridgehead atoms. The van der Waals surface area contributed by atoms with E-state index in [0.29, 0.717) is 18.1 Å². The standard InChI is InChI=1S/C15H21NO/c1-12(2)15(3,4)11-17-10-14-7-5-6-13(8-14)9-16/h5-8,12H,10-11H2,1-4H3. The van der Waals surface area contributed by atoms with Gasteiger partial charge in [0.1, 0.15) is 0 Å². The maximum Gasteiger partial charge on any atom is 0.0991 e. The highest BCUT2D eigenvalue weighted by atomic mass is 16.5. The van der Waals surface area contributed by atoms with Gasteiger partial charge in [0.2, 0.25) is 0 Å². The number of hydrogen-bond donors (Lipinski definition) is 0. The van der Waals surface area contributed by atoms with Gasteiger partial charge in [0.05, 0.1) is 24.8 Å². The van der Waals surface area contributed by atoms with Crippen molar-refractivity contribution in [2.45, 2.75) is 34.3 Å². The van der Waals surface area contributed by atoms with Gasteiger partial charge in [-0.25, -0.2) is 0 Å². The van der Waals surface area contributed by atoms with Crippen molar-refractivity contribution >= 4 is 0 Å². The van der Waals surface area contributed by atoms with Gasteiger partial charge in [-0.15, -0.1) is 0 Å². The largest absolute Gasteiger partial charge is 0.376 e. The van der Waals surface area contributed by atoms with Crippen LogP contribution in [0.5, 0.6) is 0 Å². The summed E-state index contributed by atoms with van der Waals surface area (Å²) in [5.41, 5.74) is 1.94. The second-order valence-corrected chi connectivity index (χ2v) is 5.45. The lowest BCUT2D eigenvalue weighted by Crippen LogP contribution is -2.25. The Bertz CT molecular complexity index is 402. The molecule has 0 radical (unpaired) electrons. The third kappa shape index (κ3) is 4.20. The van der Waals surface area contributed by atoms with Crippen molar-refractivity contribution in [2.75, 3.05) is 6.61 Å². The Hall–Kier alpha value is -1.33. The van der Waals surface area contributed by atoms with Crippen LogP contribution in [-0.2, 0) is 11.3 Å². The maximum atomic E-state index is 8.80. The minimum atomic E-state index is 0.187. The highest BCUT2D eigenvalue weighted by Gasteiger charge is 2.22. The summed E-state index contributed by atoms with van der Waals surface area (Å²) >= 11 is 0. The van der Waals surface area contributed by atoms with Gasteiger partial charge >= 0.3 is 0 Å². The molecule has 0 fully saturated rings. The Morgan fingerprint density at radius 2 is 2.06 bits per heavy atom. The molecule has 0 aromatic heterocycles. The highest BCUT2D eigenvalue weighted by Crippen LogP contribution is 2.26. The van der Waals surface area contributed by atoms with Gasteiger partial charge in [0.25, 0.3) is 0 Å². The molecule has 0 unspecified atom stereocenters. The lowest BCUT2D eigenvalue weighted by Gasteiger charge is -2.28. The van der Waals surface area contributed by atoms with Gasteiger partial charge in [0.15, 0.2) is 0 Å². The van der Waals surface area contributed by atoms with E-state index >= 15 is 0 Å². The molecule has 1 rings (SSSR count). The van der Waals surface area contributed by atoms with Gasteiger partial charge in [-0.05, 0) is 29.0 Å². The van der Waals surface area contributed by atoms with E-state index in [1.165, 1.54) is 0 Å². The molecule has 2 heteroatoms. The Balaban J connectivity index is 2.49. The molecule has 0 aliphatic carbocycles. The van der Waals surface area contributed by atoms with Crippen molar-refractivity contribution in [2.24, 2.45) is 11.3 Å². The highest BCUT2D eigenvalue weighted by molar-refractivity contribution is 5.32. The molecular weight excluding hydrogens is 210 g/mol. The molecule has 0 aliphatic rings. The predicted octanol–water partition coefficient (Wildman–Crippen LogP) is 3.76. The summed E-state index contributed by atoms with van der Waals surface area (Å²) in [4.78, 5) is 0. The van der Waals surface area contributed by atoms with E-state index in [9.17, 15) is 0 Å². The Morgan fingerprint density at radius 1 is 1.35 bits per heavy atom. The summed E-state index contributed by atoms with van der Waals surface area (Å²) < 4.78 is 5.74. The number of nitriles is 1. The van der Waals surface area contributed by atoms with Crippen LogP contribution in [0.15, 0.2) is 24.3 Å². The molecular formula is C15H21NO. The minimum absolute atomic E-state index is 0.187. The average Bonchev–Trinajstić information content (AvgIpc) is 2.29. The number of benzene rings is 1. The third-order valence-electron chi connectivity index (χ3n) is 3.36. The van der Waals surface area contributed by atoms with Crippen LogP contribution in [0, 0.1) is 22.7 Å². The van der Waals surface area contributed by atoms with Gasteiger partial charge in [0, 0.05) is 0 Å². The molecule has 0 saturated heterocycles. The van der Waals surface area contributed by atoms with E-state index in [4.69, 9.17) is 10.00 Å². The molecule has 0 amide bonds. The first-order chi connectivity index (χ1) is 7.95. The fourth-order valence-corrected chi connectivity index (χ4v) is 1.33. The Labute approximate surface area is 104 Å². The number of nitrogens with zero attached hydrogens (tertiary/aromatic N) is 1. The smallest absolute Gasteiger partial charge is 0.0991 e. The predicted molar refractivity (Wildman–Crippen MR) is 69.4 cm³/mol. The summed E-state index contributed by atoms with van der Waals surface area (Å²) in [6, 6.07) is 9.70. The van der Waals surface area contributed by atoms with Crippen molar-refractivity contribution in [3.63, 3.8) is 0 Å². The molecule has 0 saturated carbocycles. The lowest BCUT2D eigenvalue weighted by molar-refractivity contribution is 0.0280. The molecule has 0 spiro atoms. The van der Waals surface area contributed by atoms with Gasteiger partial charge in [-0.2, -0.15) is 5.26 Å². The van der Waals surface area contributed by atoms with Crippen molar-refractivity contribution in [3.8, 4) is 6.07 Å². The zero-order valence-electron chi connectivity index (χ0n) is 11.2. The van der Waals surface area contributed by atoms with E-state index in [2.05, 4.69) is 33.8 Å². The van der Waals surface area contributed by atoms with Gasteiger partial charge in [-0.1, -0.05) is 39.8 Å². The van der Waals surface area contributed by atoms with Crippen molar-refractivity contribution in [1.29, 1.82) is 5.26 Å². The van der Waals surface area contributed by atoms with Crippen molar-refractivity contribution in [1.82, 2.24) is 0 Å². The number of ether oxygens (including phenoxy) is 1. The fraction of sp³-hybridized carbons (Fsp3) is 0.533. The molecule has 1 aromatic rings. The van der Waals surface area contributed by atoms with Crippen LogP contribution in [0.2, 0.25) is 0 Å². The molecule has 92 valence electrons. The van der Waals surface area contributed by atoms with Crippen LogP contribution in [0.25, 0.3) is 0 Å². The van der Waals surface area contributed by atoms with Crippen molar-refractivity contribution in [3.05, 3.63) is 35.4 Å². The summed E-state index contributed by atoms with van der Waals surface area (Å²) in [6.45, 7) is 10.2. The molecule has 17 heavy (non-hydrogen) atoms. The molecule has 0 atom stereocenters. The molecule has 0 heterocycles. The fourth-order valence-electron chi connectivity index (χ4n) is 1.33. The van der Waals surface area contributed by atoms with Gasteiger partial charge < -0.3 is 4.74 Å².